The second-order valence-electron chi connectivity index (χ2n) is 7.28. The van der Waals surface area contributed by atoms with Gasteiger partial charge in [-0.3, -0.25) is 4.79 Å². The summed E-state index contributed by atoms with van der Waals surface area (Å²) in [7, 11) is 0. The Morgan fingerprint density at radius 2 is 1.86 bits per heavy atom. The maximum atomic E-state index is 12.5. The van der Waals surface area contributed by atoms with E-state index in [0.717, 1.165) is 0 Å². The minimum atomic E-state index is -0.0946. The van der Waals surface area contributed by atoms with E-state index in [2.05, 4.69) is 36.4 Å². The van der Waals surface area contributed by atoms with E-state index in [1.807, 2.05) is 0 Å². The van der Waals surface area contributed by atoms with Gasteiger partial charge in [0, 0.05) is 11.6 Å². The molecule has 3 rings (SSSR count). The van der Waals surface area contributed by atoms with Gasteiger partial charge in [0.15, 0.2) is 5.13 Å². The smallest absolute Gasteiger partial charge is 0.265 e. The zero-order chi connectivity index (χ0) is 15.2. The van der Waals surface area contributed by atoms with Gasteiger partial charge in [0.25, 0.3) is 5.91 Å². The Morgan fingerprint density at radius 3 is 2.33 bits per heavy atom. The molecule has 0 radical (unpaired) electrons. The van der Waals surface area contributed by atoms with Crippen molar-refractivity contribution in [2.45, 2.75) is 58.0 Å². The van der Waals surface area contributed by atoms with Crippen LogP contribution in [0.25, 0.3) is 0 Å². The fourth-order valence-corrected chi connectivity index (χ4v) is 3.61. The summed E-state index contributed by atoms with van der Waals surface area (Å²) in [5, 5.41) is 7.17. The molecule has 0 atom stereocenters. The fraction of sp³-hybridized carbons (Fsp3) is 0.733. The normalized spacial score (nSPS) is 18.9. The second-order valence-corrected chi connectivity index (χ2v) is 8.28. The first-order valence-electron chi connectivity index (χ1n) is 7.69. The second kappa shape index (κ2) is 5.16. The SMILES string of the molecule is CC(C)(C)Nc1nc(N)c(C(=O)NC(C2CC2)C2CC2)s1. The van der Waals surface area contributed by atoms with Crippen molar-refractivity contribution in [1.29, 1.82) is 0 Å². The lowest BCUT2D eigenvalue weighted by Gasteiger charge is -2.19. The molecule has 1 heterocycles. The third kappa shape index (κ3) is 3.67. The number of thiazole rings is 1. The molecule has 0 bridgehead atoms. The molecule has 116 valence electrons. The number of nitrogens with zero attached hydrogens (tertiary/aromatic N) is 1. The zero-order valence-corrected chi connectivity index (χ0v) is 13.7. The van der Waals surface area contributed by atoms with Crippen LogP contribution < -0.4 is 16.4 Å². The number of carbonyl (C=O) groups is 1. The van der Waals surface area contributed by atoms with Crippen molar-refractivity contribution in [3.05, 3.63) is 4.88 Å². The molecule has 2 fully saturated rings. The summed E-state index contributed by atoms with van der Waals surface area (Å²) in [6.07, 6.45) is 4.99. The number of hydrogen-bond acceptors (Lipinski definition) is 5. The first-order chi connectivity index (χ1) is 9.83. The number of carbonyl (C=O) groups excluding carboxylic acids is 1. The third-order valence-corrected chi connectivity index (χ3v) is 4.88. The number of nitrogens with two attached hydrogens (primary N) is 1. The van der Waals surface area contributed by atoms with Gasteiger partial charge in [-0.15, -0.1) is 0 Å². The molecule has 2 saturated carbocycles. The highest BCUT2D eigenvalue weighted by Crippen LogP contribution is 2.44. The van der Waals surface area contributed by atoms with Gasteiger partial charge in [-0.25, -0.2) is 4.98 Å². The van der Waals surface area contributed by atoms with Crippen molar-refractivity contribution in [3.63, 3.8) is 0 Å². The van der Waals surface area contributed by atoms with Gasteiger partial charge < -0.3 is 16.4 Å². The molecule has 6 heteroatoms. The van der Waals surface area contributed by atoms with E-state index in [1.165, 1.54) is 37.0 Å². The average Bonchev–Trinajstić information content (AvgIpc) is 3.22. The molecule has 0 aliphatic heterocycles. The van der Waals surface area contributed by atoms with E-state index in [0.29, 0.717) is 33.7 Å². The molecule has 2 aliphatic carbocycles. The predicted octanol–water partition coefficient (Wildman–Crippen LogP) is 2.85. The quantitative estimate of drug-likeness (QED) is 0.781. The Bertz CT molecular complexity index is 528. The standard InChI is InChI=1S/C15H24N4OS/c1-15(2,3)19-14-18-12(16)11(21-14)13(20)17-10(8-4-5-8)9-6-7-9/h8-10H,4-7,16H2,1-3H3,(H,17,20)(H,18,19). The van der Waals surface area contributed by atoms with E-state index in [9.17, 15) is 4.79 Å². The van der Waals surface area contributed by atoms with Crippen molar-refractivity contribution in [3.8, 4) is 0 Å². The molecule has 2 aliphatic rings. The molecular weight excluding hydrogens is 284 g/mol. The topological polar surface area (TPSA) is 80.0 Å². The molecule has 1 amide bonds. The van der Waals surface area contributed by atoms with Gasteiger partial charge in [-0.1, -0.05) is 11.3 Å². The lowest BCUT2D eigenvalue weighted by Crippen LogP contribution is -2.38. The molecule has 0 unspecified atom stereocenters. The zero-order valence-electron chi connectivity index (χ0n) is 12.9. The largest absolute Gasteiger partial charge is 0.382 e. The molecule has 1 aromatic rings. The third-order valence-electron chi connectivity index (χ3n) is 3.90. The summed E-state index contributed by atoms with van der Waals surface area (Å²) in [6.45, 7) is 6.17. The van der Waals surface area contributed by atoms with E-state index in [4.69, 9.17) is 5.73 Å². The van der Waals surface area contributed by atoms with Gasteiger partial charge in [0.2, 0.25) is 0 Å². The number of amides is 1. The highest BCUT2D eigenvalue weighted by molar-refractivity contribution is 7.18. The molecule has 21 heavy (non-hydrogen) atoms. The van der Waals surface area contributed by atoms with Crippen LogP contribution >= 0.6 is 11.3 Å². The van der Waals surface area contributed by atoms with Crippen LogP contribution in [-0.4, -0.2) is 22.5 Å². The van der Waals surface area contributed by atoms with Crippen molar-refractivity contribution in [1.82, 2.24) is 10.3 Å². The Kier molecular flexibility index (Phi) is 3.59. The molecule has 0 saturated heterocycles. The van der Waals surface area contributed by atoms with Crippen LogP contribution in [0, 0.1) is 11.8 Å². The van der Waals surface area contributed by atoms with Crippen LogP contribution in [0.2, 0.25) is 0 Å². The van der Waals surface area contributed by atoms with Crippen molar-refractivity contribution >= 4 is 28.2 Å². The number of anilines is 2. The first-order valence-corrected chi connectivity index (χ1v) is 8.50. The molecule has 1 aromatic heterocycles. The summed E-state index contributed by atoms with van der Waals surface area (Å²) in [5.41, 5.74) is 5.82. The van der Waals surface area contributed by atoms with Gasteiger partial charge in [0.05, 0.1) is 0 Å². The van der Waals surface area contributed by atoms with Crippen LogP contribution in [-0.2, 0) is 0 Å². The number of nitrogen functional groups attached to an aromatic ring is 1. The highest BCUT2D eigenvalue weighted by atomic mass is 32.1. The Balaban J connectivity index is 1.69. The van der Waals surface area contributed by atoms with Crippen molar-refractivity contribution < 1.29 is 4.79 Å². The predicted molar refractivity (Wildman–Crippen MR) is 86.6 cm³/mol. The van der Waals surface area contributed by atoms with Gasteiger partial charge in [-0.2, -0.15) is 0 Å². The van der Waals surface area contributed by atoms with Gasteiger partial charge in [0.1, 0.15) is 10.7 Å². The summed E-state index contributed by atoms with van der Waals surface area (Å²) >= 11 is 1.34. The Hall–Kier alpha value is -1.30. The van der Waals surface area contributed by atoms with Crippen molar-refractivity contribution in [2.24, 2.45) is 11.8 Å². The summed E-state index contributed by atoms with van der Waals surface area (Å²) in [4.78, 5) is 17.3. The number of aromatic nitrogens is 1. The van der Waals surface area contributed by atoms with Gasteiger partial charge >= 0.3 is 0 Å². The van der Waals surface area contributed by atoms with E-state index in [-0.39, 0.29) is 11.4 Å². The van der Waals surface area contributed by atoms with Crippen LogP contribution in [0.3, 0.4) is 0 Å². The van der Waals surface area contributed by atoms with E-state index < -0.39 is 0 Å². The Morgan fingerprint density at radius 1 is 1.29 bits per heavy atom. The number of rotatable bonds is 5. The first kappa shape index (κ1) is 14.6. The van der Waals surface area contributed by atoms with Gasteiger partial charge in [-0.05, 0) is 58.3 Å². The summed E-state index contributed by atoms with van der Waals surface area (Å²) in [6, 6.07) is 0.345. The molecule has 0 aromatic carbocycles. The van der Waals surface area contributed by atoms with Crippen LogP contribution in [0.5, 0.6) is 0 Å². The number of hydrogen-bond donors (Lipinski definition) is 3. The molecule has 4 N–H and O–H groups in total. The molecular formula is C15H24N4OS. The minimum Gasteiger partial charge on any atom is -0.382 e. The average molecular weight is 308 g/mol. The summed E-state index contributed by atoms with van der Waals surface area (Å²) in [5.74, 6) is 1.64. The maximum Gasteiger partial charge on any atom is 0.265 e. The monoisotopic (exact) mass is 308 g/mol. The van der Waals surface area contributed by atoms with E-state index >= 15 is 0 Å². The van der Waals surface area contributed by atoms with Crippen LogP contribution in [0.4, 0.5) is 10.9 Å². The Labute approximate surface area is 129 Å². The maximum absolute atomic E-state index is 12.5. The molecule has 5 nitrogen and oxygen atoms in total. The highest BCUT2D eigenvalue weighted by Gasteiger charge is 2.42. The summed E-state index contributed by atoms with van der Waals surface area (Å²) < 4.78 is 0. The fourth-order valence-electron chi connectivity index (χ4n) is 2.62. The lowest BCUT2D eigenvalue weighted by molar-refractivity contribution is 0.0931. The lowest BCUT2D eigenvalue weighted by atomic mass is 10.1. The molecule has 0 spiro atoms. The minimum absolute atomic E-state index is 0.0595. The number of nitrogens with one attached hydrogen (secondary N) is 2. The van der Waals surface area contributed by atoms with E-state index in [1.54, 1.807) is 0 Å². The van der Waals surface area contributed by atoms with Crippen molar-refractivity contribution in [2.75, 3.05) is 11.1 Å². The van der Waals surface area contributed by atoms with Crippen LogP contribution in [0.1, 0.15) is 56.1 Å². The van der Waals surface area contributed by atoms with Crippen LogP contribution in [0.15, 0.2) is 0 Å².